The average molecular weight is 697 g/mol. The molecule has 2 heterocycles. The number of hydrogen-bond donors (Lipinski definition) is 4. The van der Waals surface area contributed by atoms with Gasteiger partial charge in [0.2, 0.25) is 17.7 Å². The Morgan fingerprint density at radius 3 is 2.21 bits per heavy atom. The van der Waals surface area contributed by atoms with Gasteiger partial charge in [0, 0.05) is 53.1 Å². The minimum absolute atomic E-state index is 0.0488. The van der Waals surface area contributed by atoms with Crippen LogP contribution in [-0.4, -0.2) is 69.8 Å². The summed E-state index contributed by atoms with van der Waals surface area (Å²) in [5.41, 5.74) is 1.42. The molecule has 2 aliphatic rings. The first kappa shape index (κ1) is 35.1. The number of likely N-dealkylation sites (tertiary alicyclic amines) is 1. The van der Waals surface area contributed by atoms with Gasteiger partial charge in [0.25, 0.3) is 5.91 Å². The van der Waals surface area contributed by atoms with E-state index >= 15 is 0 Å². The molecule has 1 saturated heterocycles. The van der Waals surface area contributed by atoms with Crippen LogP contribution in [0.2, 0.25) is 10.0 Å². The Morgan fingerprint density at radius 2 is 1.52 bits per heavy atom. The number of halogens is 2. The molecule has 2 fully saturated rings. The number of piperidine rings is 1. The van der Waals surface area contributed by atoms with Gasteiger partial charge in [-0.15, -0.1) is 0 Å². The second kappa shape index (κ2) is 15.8. The summed E-state index contributed by atoms with van der Waals surface area (Å²) in [6.07, 6.45) is 7.35. The van der Waals surface area contributed by atoms with Gasteiger partial charge in [0.1, 0.15) is 12.1 Å². The largest absolute Gasteiger partial charge is 0.481 e. The summed E-state index contributed by atoms with van der Waals surface area (Å²) in [5.74, 6) is -3.15. The molecule has 4 N–H and O–H groups in total. The molecular formula is C35H39Cl2N5O6. The van der Waals surface area contributed by atoms with Gasteiger partial charge < -0.3 is 26.0 Å². The third-order valence-electron chi connectivity index (χ3n) is 9.38. The Labute approximate surface area is 288 Å². The summed E-state index contributed by atoms with van der Waals surface area (Å²) in [7, 11) is 0. The van der Waals surface area contributed by atoms with Crippen LogP contribution in [0.25, 0.3) is 10.9 Å². The number of pyridine rings is 1. The van der Waals surface area contributed by atoms with Crippen LogP contribution in [0, 0.1) is 5.41 Å². The van der Waals surface area contributed by atoms with Crippen molar-refractivity contribution in [3.8, 4) is 0 Å². The molecule has 1 unspecified atom stereocenters. The van der Waals surface area contributed by atoms with Crippen molar-refractivity contribution in [3.05, 3.63) is 70.3 Å². The van der Waals surface area contributed by atoms with Crippen molar-refractivity contribution >= 4 is 69.4 Å². The number of amides is 4. The molecule has 1 aliphatic heterocycles. The zero-order chi connectivity index (χ0) is 34.3. The van der Waals surface area contributed by atoms with E-state index in [0.717, 1.165) is 18.2 Å². The average Bonchev–Trinajstić information content (AvgIpc) is 3.52. The molecule has 1 spiro atoms. The van der Waals surface area contributed by atoms with Crippen LogP contribution in [0.3, 0.4) is 0 Å². The number of carbonyl (C=O) groups is 5. The van der Waals surface area contributed by atoms with E-state index in [9.17, 15) is 29.1 Å². The number of fused-ring (bicyclic) bond motifs is 1. The lowest BCUT2D eigenvalue weighted by atomic mass is 9.77. The molecule has 2 aromatic carbocycles. The number of aliphatic carboxylic acids is 1. The molecule has 1 aliphatic carbocycles. The van der Waals surface area contributed by atoms with Crippen LogP contribution in [0.15, 0.2) is 54.7 Å². The maximum atomic E-state index is 13.8. The predicted molar refractivity (Wildman–Crippen MR) is 183 cm³/mol. The first-order chi connectivity index (χ1) is 23.0. The summed E-state index contributed by atoms with van der Waals surface area (Å²) in [5, 5.41) is 18.8. The van der Waals surface area contributed by atoms with Crippen LogP contribution < -0.4 is 16.0 Å². The lowest BCUT2D eigenvalue weighted by molar-refractivity contribution is -0.138. The molecule has 2 atom stereocenters. The zero-order valence-corrected chi connectivity index (χ0v) is 28.0. The number of rotatable bonds is 12. The molecule has 5 rings (SSSR count). The van der Waals surface area contributed by atoms with E-state index in [0.29, 0.717) is 24.3 Å². The second-order valence-corrected chi connectivity index (χ2v) is 13.6. The van der Waals surface area contributed by atoms with Gasteiger partial charge in [-0.25, -0.2) is 0 Å². The van der Waals surface area contributed by atoms with E-state index in [1.165, 1.54) is 43.9 Å². The molecule has 0 radical (unpaired) electrons. The van der Waals surface area contributed by atoms with Crippen LogP contribution in [0.5, 0.6) is 0 Å². The Balaban J connectivity index is 1.27. The van der Waals surface area contributed by atoms with Crippen LogP contribution in [0.1, 0.15) is 74.6 Å². The van der Waals surface area contributed by atoms with E-state index in [4.69, 9.17) is 23.2 Å². The molecule has 11 nitrogen and oxygen atoms in total. The van der Waals surface area contributed by atoms with Gasteiger partial charge in [-0.2, -0.15) is 0 Å². The number of aromatic nitrogens is 1. The molecule has 0 bridgehead atoms. The summed E-state index contributed by atoms with van der Waals surface area (Å²) in [6.45, 7) is 1.14. The number of carboxylic acids is 1. The van der Waals surface area contributed by atoms with E-state index in [1.54, 1.807) is 29.3 Å². The number of nitrogens with one attached hydrogen (secondary N) is 3. The van der Waals surface area contributed by atoms with E-state index in [1.807, 2.05) is 12.1 Å². The van der Waals surface area contributed by atoms with Gasteiger partial charge in [0.05, 0.1) is 11.2 Å². The molecule has 4 amide bonds. The van der Waals surface area contributed by atoms with Gasteiger partial charge in [0.15, 0.2) is 0 Å². The molecule has 1 aromatic heterocycles. The highest BCUT2D eigenvalue weighted by molar-refractivity contribution is 6.35. The number of hydrogen-bond acceptors (Lipinski definition) is 6. The summed E-state index contributed by atoms with van der Waals surface area (Å²) < 4.78 is 0. The first-order valence-electron chi connectivity index (χ1n) is 16.2. The van der Waals surface area contributed by atoms with Crippen molar-refractivity contribution in [3.63, 3.8) is 0 Å². The highest BCUT2D eigenvalue weighted by atomic mass is 35.5. The molecule has 1 saturated carbocycles. The van der Waals surface area contributed by atoms with Crippen molar-refractivity contribution in [1.29, 1.82) is 0 Å². The fourth-order valence-corrected chi connectivity index (χ4v) is 7.26. The minimum Gasteiger partial charge on any atom is -0.481 e. The number of carboxylic acid groups (broad SMARTS) is 1. The highest BCUT2D eigenvalue weighted by Crippen LogP contribution is 2.46. The molecule has 3 aromatic rings. The predicted octanol–water partition coefficient (Wildman–Crippen LogP) is 5.59. The van der Waals surface area contributed by atoms with E-state index < -0.39 is 35.8 Å². The SMILES string of the molecule is O=C(O)CC[C@H](NC(=O)CCC(NC(=O)c1cc(Cl)cc(Cl)c1)C(=O)N1CCC2(CCCC2)CC1)C(=O)Nc1cccc2cccnc12. The Morgan fingerprint density at radius 1 is 0.854 bits per heavy atom. The minimum atomic E-state index is -1.17. The number of benzene rings is 2. The standard InChI is InChI=1S/C35H39Cl2N5O6/c36-24-19-23(20-25(37)21-24)32(46)41-28(34(48)42-17-14-35(15-18-42)12-1-2-13-35)8-10-29(43)39-27(9-11-30(44)45)33(47)40-26-7-3-5-22-6-4-16-38-31(22)26/h3-7,16,19-21,27-28H,1-2,8-15,17-18H2,(H,39,43)(H,40,47)(H,41,46)(H,44,45)/t27-,28?/m0/s1. The lowest BCUT2D eigenvalue weighted by Gasteiger charge is -2.40. The van der Waals surface area contributed by atoms with Crippen LogP contribution in [-0.2, 0) is 19.2 Å². The number of nitrogens with zero attached hydrogens (tertiary/aromatic N) is 2. The van der Waals surface area contributed by atoms with Gasteiger partial charge in [-0.1, -0.05) is 54.2 Å². The van der Waals surface area contributed by atoms with Gasteiger partial charge >= 0.3 is 5.97 Å². The summed E-state index contributed by atoms with van der Waals surface area (Å²) in [4.78, 5) is 71.1. The van der Waals surface area contributed by atoms with Crippen molar-refractivity contribution in [1.82, 2.24) is 20.5 Å². The molecule has 13 heteroatoms. The smallest absolute Gasteiger partial charge is 0.303 e. The lowest BCUT2D eigenvalue weighted by Crippen LogP contribution is -2.52. The van der Waals surface area contributed by atoms with E-state index in [2.05, 4.69) is 20.9 Å². The third-order valence-corrected chi connectivity index (χ3v) is 9.81. The third kappa shape index (κ3) is 9.02. The summed E-state index contributed by atoms with van der Waals surface area (Å²) in [6, 6.07) is 11.1. The fourth-order valence-electron chi connectivity index (χ4n) is 6.73. The Bertz CT molecular complexity index is 1660. The first-order valence-corrected chi connectivity index (χ1v) is 17.0. The van der Waals surface area contributed by atoms with E-state index in [-0.39, 0.29) is 52.6 Å². The number of para-hydroxylation sites is 1. The monoisotopic (exact) mass is 695 g/mol. The fraction of sp³-hybridized carbons (Fsp3) is 0.429. The van der Waals surface area contributed by atoms with Crippen LogP contribution >= 0.6 is 23.2 Å². The summed E-state index contributed by atoms with van der Waals surface area (Å²) >= 11 is 12.2. The van der Waals surface area contributed by atoms with Crippen LogP contribution in [0.4, 0.5) is 5.69 Å². The molecular weight excluding hydrogens is 657 g/mol. The van der Waals surface area contributed by atoms with Gasteiger partial charge in [-0.3, -0.25) is 29.0 Å². The highest BCUT2D eigenvalue weighted by Gasteiger charge is 2.39. The second-order valence-electron chi connectivity index (χ2n) is 12.7. The molecule has 254 valence electrons. The van der Waals surface area contributed by atoms with Crippen molar-refractivity contribution in [2.75, 3.05) is 18.4 Å². The maximum absolute atomic E-state index is 13.8. The quantitative estimate of drug-likeness (QED) is 0.192. The van der Waals surface area contributed by atoms with Gasteiger partial charge in [-0.05, 0) is 74.3 Å². The number of anilines is 1. The Kier molecular flexibility index (Phi) is 11.5. The molecule has 48 heavy (non-hydrogen) atoms. The Hall–Kier alpha value is -4.22. The normalized spacial score (nSPS) is 16.7. The van der Waals surface area contributed by atoms with Crippen molar-refractivity contribution < 1.29 is 29.1 Å². The number of carbonyl (C=O) groups excluding carboxylic acids is 4. The van der Waals surface area contributed by atoms with Crippen molar-refractivity contribution in [2.45, 2.75) is 76.3 Å². The topological polar surface area (TPSA) is 158 Å². The maximum Gasteiger partial charge on any atom is 0.303 e. The zero-order valence-electron chi connectivity index (χ0n) is 26.5. The van der Waals surface area contributed by atoms with Crippen molar-refractivity contribution in [2.24, 2.45) is 5.41 Å².